The number of hydrogen-bond acceptors (Lipinski definition) is 7. The molecule has 1 N–H and O–H groups in total. The van der Waals surface area contributed by atoms with Crippen molar-refractivity contribution in [3.8, 4) is 0 Å². The lowest BCUT2D eigenvalue weighted by Gasteiger charge is -2.30. The second kappa shape index (κ2) is 61.7. The summed E-state index contributed by atoms with van der Waals surface area (Å²) in [5.74, 6) is -0.621. The summed E-state index contributed by atoms with van der Waals surface area (Å²) in [5.41, 5.74) is 0. The Labute approximate surface area is 516 Å². The van der Waals surface area contributed by atoms with Crippen LogP contribution in [0.5, 0.6) is 0 Å². The summed E-state index contributed by atoms with van der Waals surface area (Å²) >= 11 is 0. The molecule has 0 aliphatic carbocycles. The number of nitrogens with one attached hydrogen (secondary N) is 1. The number of unbranched alkanes of at least 4 members (excludes halogenated alkanes) is 18. The van der Waals surface area contributed by atoms with Crippen molar-refractivity contribution >= 4 is 19.7 Å². The number of rotatable bonds is 58. The lowest BCUT2D eigenvalue weighted by atomic mass is 10.1. The van der Waals surface area contributed by atoms with Crippen LogP contribution in [0.3, 0.4) is 0 Å². The summed E-state index contributed by atoms with van der Waals surface area (Å²) in [6.45, 7) is 6.55. The fourth-order valence-corrected chi connectivity index (χ4v) is 9.37. The van der Waals surface area contributed by atoms with Gasteiger partial charge in [0.2, 0.25) is 5.91 Å². The lowest BCUT2D eigenvalue weighted by Crippen LogP contribution is -2.47. The number of nitrogens with zero attached hydrogens (tertiary/aromatic N) is 1. The number of amides is 1. The van der Waals surface area contributed by atoms with E-state index in [1.807, 2.05) is 33.3 Å². The van der Waals surface area contributed by atoms with Crippen molar-refractivity contribution in [2.24, 2.45) is 0 Å². The largest absolute Gasteiger partial charge is 0.756 e. The number of esters is 1. The van der Waals surface area contributed by atoms with E-state index in [2.05, 4.69) is 172 Å². The summed E-state index contributed by atoms with van der Waals surface area (Å²) in [4.78, 5) is 40.1. The van der Waals surface area contributed by atoms with Gasteiger partial charge in [-0.3, -0.25) is 14.2 Å². The van der Waals surface area contributed by atoms with Crippen LogP contribution in [0.1, 0.15) is 245 Å². The fraction of sp³-hybridized carbons (Fsp3) is 0.622. The SMILES string of the molecule is CC/C=C\C/C=C\C/C=C\C/C=C\C/C=C\C/C=C\CCCCCCCCC(=O)OC(/C=C/CCCCCCCCCCCC)C(COP(=O)([O-])OCC[N+](C)(C)C)NC(=O)CCCC/C=C\C/C=C\C/C=C\C/C=C\C/C=C\C/C=C\CC. The molecule has 0 aromatic rings. The van der Waals surface area contributed by atoms with Gasteiger partial charge in [-0.05, 0) is 134 Å². The second-order valence-electron chi connectivity index (χ2n) is 22.9. The van der Waals surface area contributed by atoms with Gasteiger partial charge < -0.3 is 28.5 Å². The minimum absolute atomic E-state index is 0.0429. The molecule has 0 rings (SSSR count). The Morgan fingerprint density at radius 1 is 0.429 bits per heavy atom. The van der Waals surface area contributed by atoms with Gasteiger partial charge in [-0.15, -0.1) is 0 Å². The average Bonchev–Trinajstić information content (AvgIpc) is 3.64. The van der Waals surface area contributed by atoms with E-state index in [1.165, 1.54) is 51.4 Å². The summed E-state index contributed by atoms with van der Waals surface area (Å²) in [7, 11) is 1.12. The molecule has 476 valence electrons. The number of likely N-dealkylation sites (N-methyl/N-ethyl adjacent to an activating group) is 1. The molecule has 0 saturated heterocycles. The van der Waals surface area contributed by atoms with Crippen LogP contribution in [0.25, 0.3) is 0 Å². The zero-order chi connectivity index (χ0) is 61.4. The first kappa shape index (κ1) is 79.6. The predicted molar refractivity (Wildman–Crippen MR) is 362 cm³/mol. The van der Waals surface area contributed by atoms with Gasteiger partial charge in [0, 0.05) is 12.8 Å². The Morgan fingerprint density at radius 2 is 0.762 bits per heavy atom. The number of allylic oxidation sites excluding steroid dienone is 25. The highest BCUT2D eigenvalue weighted by Gasteiger charge is 2.27. The molecule has 3 unspecified atom stereocenters. The monoisotopic (exact) mass is 1180 g/mol. The van der Waals surface area contributed by atoms with Gasteiger partial charge in [0.1, 0.15) is 19.3 Å². The van der Waals surface area contributed by atoms with Crippen molar-refractivity contribution in [2.45, 2.75) is 258 Å². The molecule has 0 saturated carbocycles. The van der Waals surface area contributed by atoms with E-state index in [-0.39, 0.29) is 31.3 Å². The number of quaternary nitrogens is 1. The van der Waals surface area contributed by atoms with E-state index >= 15 is 0 Å². The third-order valence-corrected chi connectivity index (χ3v) is 14.7. The van der Waals surface area contributed by atoms with Crippen LogP contribution in [0.4, 0.5) is 0 Å². The molecule has 0 aliphatic rings. The lowest BCUT2D eigenvalue weighted by molar-refractivity contribution is -0.870. The molecule has 1 amide bonds. The van der Waals surface area contributed by atoms with E-state index < -0.39 is 26.6 Å². The van der Waals surface area contributed by atoms with E-state index in [1.54, 1.807) is 0 Å². The molecular weight excluding hydrogens is 1060 g/mol. The van der Waals surface area contributed by atoms with Crippen LogP contribution in [0.2, 0.25) is 0 Å². The van der Waals surface area contributed by atoms with Crippen LogP contribution < -0.4 is 10.2 Å². The zero-order valence-corrected chi connectivity index (χ0v) is 55.2. The predicted octanol–water partition coefficient (Wildman–Crippen LogP) is 20.5. The number of carbonyl (C=O) groups is 2. The van der Waals surface area contributed by atoms with Gasteiger partial charge >= 0.3 is 5.97 Å². The zero-order valence-electron chi connectivity index (χ0n) is 54.3. The molecule has 0 aliphatic heterocycles. The third kappa shape index (κ3) is 62.2. The van der Waals surface area contributed by atoms with Crippen molar-refractivity contribution in [2.75, 3.05) is 40.9 Å². The van der Waals surface area contributed by atoms with Crippen LogP contribution in [0.15, 0.2) is 158 Å². The Kier molecular flexibility index (Phi) is 58.5. The number of ether oxygens (including phenoxy) is 1. The highest BCUT2D eigenvalue weighted by molar-refractivity contribution is 7.45. The first-order chi connectivity index (χ1) is 40.9. The summed E-state index contributed by atoms with van der Waals surface area (Å²) < 4.78 is 30.3. The van der Waals surface area contributed by atoms with Crippen molar-refractivity contribution in [3.63, 3.8) is 0 Å². The first-order valence-electron chi connectivity index (χ1n) is 33.3. The van der Waals surface area contributed by atoms with Gasteiger partial charge in [-0.25, -0.2) is 0 Å². The molecular formula is C74H123N2O7P. The minimum atomic E-state index is -4.73. The molecule has 0 fully saturated rings. The maximum Gasteiger partial charge on any atom is 0.306 e. The van der Waals surface area contributed by atoms with E-state index in [4.69, 9.17) is 13.8 Å². The van der Waals surface area contributed by atoms with Crippen molar-refractivity contribution < 1.29 is 37.3 Å². The van der Waals surface area contributed by atoms with Gasteiger partial charge in [-0.1, -0.05) is 256 Å². The minimum Gasteiger partial charge on any atom is -0.756 e. The van der Waals surface area contributed by atoms with Crippen molar-refractivity contribution in [1.29, 1.82) is 0 Å². The smallest absolute Gasteiger partial charge is 0.306 e. The Hall–Kier alpha value is -4.37. The van der Waals surface area contributed by atoms with Gasteiger partial charge in [0.25, 0.3) is 7.82 Å². The Morgan fingerprint density at radius 3 is 1.15 bits per heavy atom. The summed E-state index contributed by atoms with van der Waals surface area (Å²) in [5, 5.41) is 3.00. The van der Waals surface area contributed by atoms with Crippen molar-refractivity contribution in [3.05, 3.63) is 158 Å². The second-order valence-corrected chi connectivity index (χ2v) is 24.3. The van der Waals surface area contributed by atoms with Gasteiger partial charge in [0.05, 0.1) is 33.8 Å². The van der Waals surface area contributed by atoms with E-state index in [0.29, 0.717) is 23.9 Å². The molecule has 84 heavy (non-hydrogen) atoms. The highest BCUT2D eigenvalue weighted by atomic mass is 31.2. The van der Waals surface area contributed by atoms with Crippen molar-refractivity contribution in [1.82, 2.24) is 5.32 Å². The third-order valence-electron chi connectivity index (χ3n) is 13.7. The quantitative estimate of drug-likeness (QED) is 0.0212. The molecule has 0 aromatic heterocycles. The number of carbonyl (C=O) groups excluding carboxylic acids is 2. The molecule has 0 bridgehead atoms. The topological polar surface area (TPSA) is 114 Å². The molecule has 0 heterocycles. The molecule has 10 heteroatoms. The van der Waals surface area contributed by atoms with Gasteiger partial charge in [-0.2, -0.15) is 0 Å². The van der Waals surface area contributed by atoms with Crippen LogP contribution in [-0.4, -0.2) is 69.4 Å². The van der Waals surface area contributed by atoms with Crippen LogP contribution in [-0.2, 0) is 27.9 Å². The maximum absolute atomic E-state index is 13.6. The number of phosphoric ester groups is 1. The molecule has 0 aromatic carbocycles. The standard InChI is InChI=1S/C74H123N2O7P/c1-7-10-13-16-19-22-25-28-30-32-34-36-37-38-39-41-43-45-47-49-52-55-58-61-64-67-74(78)83-72(65-62-59-56-53-50-27-24-21-18-15-12-9-3)71(70-82-84(79,80)81-69-68-76(4,5)6)75-73(77)66-63-60-57-54-51-48-46-44-42-40-35-33-31-29-26-23-20-17-14-11-8-2/h10-11,13-14,19-20,22-23,28-31,34-36,38-40,43-46,51,54,62,65,71-72H,7-9,12,15-18,21,24-27,32-33,37,41-42,47-50,52-53,55-61,63-64,66-70H2,1-6H3,(H-,75,77,79,80)/b13-10-,14-11-,22-19-,23-20-,30-28-,31-29-,36-34-,39-38-,40-35-,45-43-,46-44-,54-51-,65-62+. The molecule has 0 radical (unpaired) electrons. The van der Waals surface area contributed by atoms with Crippen LogP contribution >= 0.6 is 7.82 Å². The molecule has 0 spiro atoms. The summed E-state index contributed by atoms with van der Waals surface area (Å²) in [6.07, 6.45) is 90.8. The molecule has 9 nitrogen and oxygen atoms in total. The summed E-state index contributed by atoms with van der Waals surface area (Å²) in [6, 6.07) is -0.931. The maximum atomic E-state index is 13.6. The normalized spacial score (nSPS) is 14.6. The number of hydrogen-bond donors (Lipinski definition) is 1. The Bertz CT molecular complexity index is 1990. The average molecular weight is 1180 g/mol. The highest BCUT2D eigenvalue weighted by Crippen LogP contribution is 2.38. The van der Waals surface area contributed by atoms with E-state index in [9.17, 15) is 19.0 Å². The Balaban J connectivity index is 5.29. The first-order valence-corrected chi connectivity index (χ1v) is 34.8. The van der Waals surface area contributed by atoms with E-state index in [0.717, 1.165) is 148 Å². The fourth-order valence-electron chi connectivity index (χ4n) is 8.64. The van der Waals surface area contributed by atoms with Crippen LogP contribution in [0, 0.1) is 0 Å². The molecule has 3 atom stereocenters. The number of phosphoric acid groups is 1. The van der Waals surface area contributed by atoms with Gasteiger partial charge in [0.15, 0.2) is 0 Å².